The Bertz CT molecular complexity index is 663. The molecule has 1 N–H and O–H groups in total. The smallest absolute Gasteiger partial charge is 0.231 e. The van der Waals surface area contributed by atoms with E-state index in [9.17, 15) is 4.39 Å². The summed E-state index contributed by atoms with van der Waals surface area (Å²) in [5.74, 6) is 1.32. The Morgan fingerprint density at radius 2 is 2.00 bits per heavy atom. The summed E-state index contributed by atoms with van der Waals surface area (Å²) < 4.78 is 25.2. The van der Waals surface area contributed by atoms with Gasteiger partial charge >= 0.3 is 0 Å². The monoisotopic (exact) mass is 351 g/mol. The lowest BCUT2D eigenvalue weighted by molar-refractivity contribution is 0.174. The normalized spacial score (nSPS) is 14.2. The summed E-state index contributed by atoms with van der Waals surface area (Å²) in [5, 5.41) is 3.32. The average Bonchev–Trinajstić information content (AvgIpc) is 2.95. The van der Waals surface area contributed by atoms with Crippen molar-refractivity contribution >= 4 is 15.9 Å². The molecule has 2 aromatic rings. The zero-order valence-corrected chi connectivity index (χ0v) is 13.1. The lowest BCUT2D eigenvalue weighted by Crippen LogP contribution is -2.18. The van der Waals surface area contributed by atoms with Crippen LogP contribution in [-0.4, -0.2) is 6.79 Å². The summed E-state index contributed by atoms with van der Waals surface area (Å²) in [5.41, 5.74) is 1.71. The van der Waals surface area contributed by atoms with Crippen LogP contribution in [0.2, 0.25) is 0 Å². The van der Waals surface area contributed by atoms with E-state index in [4.69, 9.17) is 9.47 Å². The number of benzene rings is 2. The zero-order valence-electron chi connectivity index (χ0n) is 11.5. The highest BCUT2D eigenvalue weighted by atomic mass is 79.9. The maximum Gasteiger partial charge on any atom is 0.231 e. The second kappa shape index (κ2) is 6.03. The summed E-state index contributed by atoms with van der Waals surface area (Å²) in [6, 6.07) is 10.9. The van der Waals surface area contributed by atoms with Crippen molar-refractivity contribution < 1.29 is 13.9 Å². The van der Waals surface area contributed by atoms with Crippen LogP contribution in [0.15, 0.2) is 40.9 Å². The third-order valence-electron chi connectivity index (χ3n) is 3.50. The van der Waals surface area contributed by atoms with Crippen molar-refractivity contribution in [2.75, 3.05) is 6.79 Å². The number of nitrogens with one attached hydrogen (secondary N) is 1. The van der Waals surface area contributed by atoms with Crippen LogP contribution in [0.25, 0.3) is 0 Å². The molecule has 3 nitrogen and oxygen atoms in total. The summed E-state index contributed by atoms with van der Waals surface area (Å²) in [6.07, 6.45) is 0. The van der Waals surface area contributed by atoms with Gasteiger partial charge in [-0.3, -0.25) is 0 Å². The predicted octanol–water partition coefficient (Wildman–Crippen LogP) is 4.17. The summed E-state index contributed by atoms with van der Waals surface area (Å²) in [4.78, 5) is 0. The predicted molar refractivity (Wildman–Crippen MR) is 81.9 cm³/mol. The van der Waals surface area contributed by atoms with Crippen LogP contribution in [0.4, 0.5) is 4.39 Å². The summed E-state index contributed by atoms with van der Waals surface area (Å²) in [7, 11) is 0. The lowest BCUT2D eigenvalue weighted by atomic mass is 10.1. The maximum absolute atomic E-state index is 13.7. The molecule has 0 saturated heterocycles. The standard InChI is InChI=1S/C16H15BrFNO2/c1-10(11-2-5-15-16(7-11)21-9-20-15)19-8-12-6-13(17)3-4-14(12)18/h2-7,10,19H,8-9H2,1H3. The second-order valence-corrected chi connectivity index (χ2v) is 5.87. The molecule has 1 aliphatic heterocycles. The van der Waals surface area contributed by atoms with Crippen LogP contribution in [0.3, 0.4) is 0 Å². The van der Waals surface area contributed by atoms with Crippen molar-refractivity contribution in [3.63, 3.8) is 0 Å². The van der Waals surface area contributed by atoms with Crippen molar-refractivity contribution in [1.29, 1.82) is 0 Å². The molecule has 0 amide bonds. The molecule has 2 aromatic carbocycles. The first-order chi connectivity index (χ1) is 10.1. The number of hydrogen-bond donors (Lipinski definition) is 1. The third-order valence-corrected chi connectivity index (χ3v) is 4.00. The third kappa shape index (κ3) is 3.19. The highest BCUT2D eigenvalue weighted by Crippen LogP contribution is 2.34. The molecule has 21 heavy (non-hydrogen) atoms. The molecule has 0 aromatic heterocycles. The van der Waals surface area contributed by atoms with Crippen LogP contribution >= 0.6 is 15.9 Å². The minimum atomic E-state index is -0.205. The van der Waals surface area contributed by atoms with Crippen LogP contribution in [0.5, 0.6) is 11.5 Å². The Morgan fingerprint density at radius 1 is 1.19 bits per heavy atom. The Morgan fingerprint density at radius 3 is 2.86 bits per heavy atom. The quantitative estimate of drug-likeness (QED) is 0.896. The van der Waals surface area contributed by atoms with E-state index in [1.807, 2.05) is 25.1 Å². The minimum Gasteiger partial charge on any atom is -0.454 e. The van der Waals surface area contributed by atoms with Crippen LogP contribution in [-0.2, 0) is 6.54 Å². The fourth-order valence-corrected chi connectivity index (χ4v) is 2.65. The van der Waals surface area contributed by atoms with Gasteiger partial charge in [-0.05, 0) is 42.8 Å². The minimum absolute atomic E-state index is 0.0814. The molecule has 0 spiro atoms. The van der Waals surface area contributed by atoms with E-state index in [-0.39, 0.29) is 18.7 Å². The highest BCUT2D eigenvalue weighted by molar-refractivity contribution is 9.10. The molecule has 3 rings (SSSR count). The molecule has 0 radical (unpaired) electrons. The van der Waals surface area contributed by atoms with Crippen molar-refractivity contribution in [3.05, 3.63) is 57.8 Å². The molecule has 0 fully saturated rings. The molecular weight excluding hydrogens is 337 g/mol. The Labute approximate surface area is 131 Å². The molecule has 0 bridgehead atoms. The van der Waals surface area contributed by atoms with Crippen LogP contribution in [0, 0.1) is 5.82 Å². The molecule has 1 aliphatic rings. The lowest BCUT2D eigenvalue weighted by Gasteiger charge is -2.15. The Balaban J connectivity index is 1.69. The molecule has 1 heterocycles. The van der Waals surface area contributed by atoms with Gasteiger partial charge in [0, 0.05) is 22.6 Å². The maximum atomic E-state index is 13.7. The number of rotatable bonds is 4. The number of halogens is 2. The van der Waals surface area contributed by atoms with Crippen molar-refractivity contribution in [2.24, 2.45) is 0 Å². The highest BCUT2D eigenvalue weighted by Gasteiger charge is 2.15. The summed E-state index contributed by atoms with van der Waals surface area (Å²) >= 11 is 3.36. The van der Waals surface area contributed by atoms with Gasteiger partial charge in [0.25, 0.3) is 0 Å². The fraction of sp³-hybridized carbons (Fsp3) is 0.250. The van der Waals surface area contributed by atoms with Gasteiger partial charge in [0.15, 0.2) is 11.5 Å². The van der Waals surface area contributed by atoms with E-state index in [0.717, 1.165) is 21.5 Å². The first kappa shape index (κ1) is 14.4. The second-order valence-electron chi connectivity index (χ2n) is 4.95. The van der Waals surface area contributed by atoms with Crippen molar-refractivity contribution in [1.82, 2.24) is 5.32 Å². The van der Waals surface area contributed by atoms with Gasteiger partial charge in [-0.25, -0.2) is 4.39 Å². The summed E-state index contributed by atoms with van der Waals surface area (Å²) in [6.45, 7) is 2.76. The van der Waals surface area contributed by atoms with E-state index >= 15 is 0 Å². The van der Waals surface area contributed by atoms with Crippen LogP contribution in [0.1, 0.15) is 24.1 Å². The van der Waals surface area contributed by atoms with E-state index in [2.05, 4.69) is 21.2 Å². The van der Waals surface area contributed by atoms with Gasteiger partial charge in [0.05, 0.1) is 0 Å². The Hall–Kier alpha value is -1.59. The van der Waals surface area contributed by atoms with Gasteiger partial charge in [0.2, 0.25) is 6.79 Å². The molecule has 1 atom stereocenters. The largest absolute Gasteiger partial charge is 0.454 e. The first-order valence-corrected chi connectivity index (χ1v) is 7.49. The molecule has 110 valence electrons. The van der Waals surface area contributed by atoms with Crippen molar-refractivity contribution in [2.45, 2.75) is 19.5 Å². The molecule has 0 saturated carbocycles. The molecule has 5 heteroatoms. The zero-order chi connectivity index (χ0) is 14.8. The average molecular weight is 352 g/mol. The molecular formula is C16H15BrFNO2. The number of ether oxygens (including phenoxy) is 2. The van der Waals surface area contributed by atoms with Crippen molar-refractivity contribution in [3.8, 4) is 11.5 Å². The first-order valence-electron chi connectivity index (χ1n) is 6.70. The topological polar surface area (TPSA) is 30.5 Å². The van der Waals surface area contributed by atoms with E-state index in [1.54, 1.807) is 12.1 Å². The SMILES string of the molecule is CC(NCc1cc(Br)ccc1F)c1ccc2c(c1)OCO2. The fourth-order valence-electron chi connectivity index (χ4n) is 2.24. The van der Waals surface area contributed by atoms with E-state index in [1.165, 1.54) is 6.07 Å². The van der Waals surface area contributed by atoms with Gasteiger partial charge in [-0.1, -0.05) is 22.0 Å². The number of fused-ring (bicyclic) bond motifs is 1. The molecule has 1 unspecified atom stereocenters. The van der Waals surface area contributed by atoms with E-state index in [0.29, 0.717) is 12.1 Å². The van der Waals surface area contributed by atoms with Crippen LogP contribution < -0.4 is 14.8 Å². The van der Waals surface area contributed by atoms with E-state index < -0.39 is 0 Å². The van der Waals surface area contributed by atoms with Gasteiger partial charge in [-0.2, -0.15) is 0 Å². The van der Waals surface area contributed by atoms with Gasteiger partial charge in [-0.15, -0.1) is 0 Å². The van der Waals surface area contributed by atoms with Gasteiger partial charge < -0.3 is 14.8 Å². The molecule has 0 aliphatic carbocycles. The Kier molecular flexibility index (Phi) is 4.12. The number of hydrogen-bond acceptors (Lipinski definition) is 3. The van der Waals surface area contributed by atoms with Gasteiger partial charge in [0.1, 0.15) is 5.82 Å².